The van der Waals surface area contributed by atoms with Crippen molar-refractivity contribution in [1.29, 1.82) is 0 Å². The largest absolute Gasteiger partial charge is 0.384 e. The molecule has 3 rings (SSSR count). The molecule has 0 fully saturated rings. The van der Waals surface area contributed by atoms with E-state index >= 15 is 0 Å². The molecule has 3 aromatic rings. The van der Waals surface area contributed by atoms with Gasteiger partial charge < -0.3 is 11.1 Å². The van der Waals surface area contributed by atoms with Crippen LogP contribution in [0.3, 0.4) is 0 Å². The zero-order valence-corrected chi connectivity index (χ0v) is 12.9. The minimum absolute atomic E-state index is 0.799. The Morgan fingerprint density at radius 2 is 1.36 bits per heavy atom. The quantitative estimate of drug-likeness (QED) is 0.504. The number of nitrogens with one attached hydrogen (secondary N) is 1. The van der Waals surface area contributed by atoms with Gasteiger partial charge in [-0.3, -0.25) is 0 Å². The third kappa shape index (κ3) is 3.20. The molecule has 0 atom stereocenters. The van der Waals surface area contributed by atoms with Gasteiger partial charge in [-0.15, -0.1) is 0 Å². The maximum Gasteiger partial charge on any atom is 0.0730 e. The minimum atomic E-state index is 0.799. The predicted octanol–water partition coefficient (Wildman–Crippen LogP) is 4.32. The number of hydrogen-bond donors (Lipinski definition) is 2. The summed E-state index contributed by atoms with van der Waals surface area (Å²) < 4.78 is 0. The highest BCUT2D eigenvalue weighted by Gasteiger charge is 2.07. The van der Waals surface area contributed by atoms with Gasteiger partial charge >= 0.3 is 0 Å². The smallest absolute Gasteiger partial charge is 0.0730 e. The summed E-state index contributed by atoms with van der Waals surface area (Å²) in [5.41, 5.74) is 8.84. The number of aromatic nitrogens is 1. The van der Waals surface area contributed by atoms with E-state index in [9.17, 15) is 0 Å². The van der Waals surface area contributed by atoms with Crippen LogP contribution in [0.5, 0.6) is 0 Å². The molecular weight excluding hydrogens is 270 g/mol. The standard InChI is InChI=1S/C19H23N3/c20-13-7-1-2-8-14-21-19-15-9-3-5-11-17(15)22-18-12-6-4-10-16(18)19/h3-6,9-12H,1-2,7-8,13-14,20H2,(H,21,22). The number of rotatable bonds is 7. The van der Waals surface area contributed by atoms with E-state index in [0.29, 0.717) is 0 Å². The van der Waals surface area contributed by atoms with Gasteiger partial charge in [-0.2, -0.15) is 0 Å². The van der Waals surface area contributed by atoms with Crippen molar-refractivity contribution in [3.8, 4) is 0 Å². The Balaban J connectivity index is 1.85. The number of unbranched alkanes of at least 4 members (excludes halogenated alkanes) is 3. The fraction of sp³-hybridized carbons (Fsp3) is 0.316. The van der Waals surface area contributed by atoms with Gasteiger partial charge in [0.1, 0.15) is 0 Å². The number of anilines is 1. The zero-order chi connectivity index (χ0) is 15.2. The predicted molar refractivity (Wildman–Crippen MR) is 95.3 cm³/mol. The summed E-state index contributed by atoms with van der Waals surface area (Å²) in [4.78, 5) is 4.75. The van der Waals surface area contributed by atoms with E-state index in [0.717, 1.165) is 30.5 Å². The highest BCUT2D eigenvalue weighted by Crippen LogP contribution is 2.30. The van der Waals surface area contributed by atoms with Crippen LogP contribution in [0.25, 0.3) is 21.8 Å². The van der Waals surface area contributed by atoms with Crippen LogP contribution in [0.15, 0.2) is 48.5 Å². The van der Waals surface area contributed by atoms with Gasteiger partial charge in [0.2, 0.25) is 0 Å². The van der Waals surface area contributed by atoms with Crippen LogP contribution in [0, 0.1) is 0 Å². The maximum absolute atomic E-state index is 5.54. The first-order valence-corrected chi connectivity index (χ1v) is 8.11. The van der Waals surface area contributed by atoms with Crippen LogP contribution in [0.2, 0.25) is 0 Å². The molecule has 0 saturated heterocycles. The number of nitrogens with zero attached hydrogens (tertiary/aromatic N) is 1. The summed E-state index contributed by atoms with van der Waals surface area (Å²) in [5.74, 6) is 0. The Kier molecular flexibility index (Phi) is 4.86. The van der Waals surface area contributed by atoms with Crippen LogP contribution in [-0.4, -0.2) is 18.1 Å². The molecule has 0 aliphatic heterocycles. The van der Waals surface area contributed by atoms with Crippen molar-refractivity contribution < 1.29 is 0 Å². The SMILES string of the molecule is NCCCCCCNc1c2ccccc2nc2ccccc12. The molecule has 0 radical (unpaired) electrons. The fourth-order valence-corrected chi connectivity index (χ4v) is 2.87. The van der Waals surface area contributed by atoms with E-state index in [4.69, 9.17) is 10.7 Å². The van der Waals surface area contributed by atoms with E-state index in [2.05, 4.69) is 41.7 Å². The lowest BCUT2D eigenvalue weighted by Crippen LogP contribution is -2.04. The van der Waals surface area contributed by atoms with Gasteiger partial charge in [0.05, 0.1) is 16.7 Å². The normalized spacial score (nSPS) is 11.1. The monoisotopic (exact) mass is 293 g/mol. The Morgan fingerprint density at radius 1 is 0.773 bits per heavy atom. The molecule has 3 nitrogen and oxygen atoms in total. The van der Waals surface area contributed by atoms with Crippen molar-refractivity contribution >= 4 is 27.5 Å². The average Bonchev–Trinajstić information content (AvgIpc) is 2.57. The van der Waals surface area contributed by atoms with Crippen molar-refractivity contribution in [2.24, 2.45) is 5.73 Å². The summed E-state index contributed by atoms with van der Waals surface area (Å²) in [6.45, 7) is 1.79. The number of hydrogen-bond acceptors (Lipinski definition) is 3. The third-order valence-corrected chi connectivity index (χ3v) is 4.02. The van der Waals surface area contributed by atoms with E-state index in [1.165, 1.54) is 35.7 Å². The van der Waals surface area contributed by atoms with Gasteiger partial charge in [-0.25, -0.2) is 4.98 Å². The van der Waals surface area contributed by atoms with Crippen LogP contribution in [0.4, 0.5) is 5.69 Å². The highest BCUT2D eigenvalue weighted by molar-refractivity contribution is 6.07. The molecular formula is C19H23N3. The molecule has 0 saturated carbocycles. The molecule has 0 spiro atoms. The molecule has 22 heavy (non-hydrogen) atoms. The molecule has 1 aromatic heterocycles. The molecule has 3 N–H and O–H groups in total. The molecule has 0 aliphatic rings. The molecule has 0 amide bonds. The van der Waals surface area contributed by atoms with Gasteiger partial charge in [-0.05, 0) is 31.5 Å². The van der Waals surface area contributed by atoms with E-state index in [1.54, 1.807) is 0 Å². The first-order chi connectivity index (χ1) is 10.9. The summed E-state index contributed by atoms with van der Waals surface area (Å²) >= 11 is 0. The van der Waals surface area contributed by atoms with Gasteiger partial charge in [0.25, 0.3) is 0 Å². The third-order valence-electron chi connectivity index (χ3n) is 4.02. The number of para-hydroxylation sites is 2. The van der Waals surface area contributed by atoms with E-state index in [1.807, 2.05) is 12.1 Å². The maximum atomic E-state index is 5.54. The minimum Gasteiger partial charge on any atom is -0.384 e. The number of benzene rings is 2. The van der Waals surface area contributed by atoms with Crippen molar-refractivity contribution in [2.45, 2.75) is 25.7 Å². The molecule has 3 heteroatoms. The molecule has 1 heterocycles. The lowest BCUT2D eigenvalue weighted by molar-refractivity contribution is 0.662. The first-order valence-electron chi connectivity index (χ1n) is 8.11. The molecule has 0 bridgehead atoms. The lowest BCUT2D eigenvalue weighted by atomic mass is 10.1. The highest BCUT2D eigenvalue weighted by atomic mass is 14.9. The van der Waals surface area contributed by atoms with Crippen molar-refractivity contribution in [2.75, 3.05) is 18.4 Å². The number of fused-ring (bicyclic) bond motifs is 2. The van der Waals surface area contributed by atoms with Gasteiger partial charge in [-0.1, -0.05) is 49.2 Å². The van der Waals surface area contributed by atoms with Crippen LogP contribution in [0.1, 0.15) is 25.7 Å². The zero-order valence-electron chi connectivity index (χ0n) is 12.9. The van der Waals surface area contributed by atoms with Gasteiger partial charge in [0, 0.05) is 17.3 Å². The van der Waals surface area contributed by atoms with Crippen LogP contribution in [-0.2, 0) is 0 Å². The summed E-state index contributed by atoms with van der Waals surface area (Å²) in [5, 5.41) is 6.03. The second-order valence-corrected chi connectivity index (χ2v) is 5.65. The summed E-state index contributed by atoms with van der Waals surface area (Å²) in [6.07, 6.45) is 4.74. The molecule has 114 valence electrons. The van der Waals surface area contributed by atoms with Crippen molar-refractivity contribution in [3.05, 3.63) is 48.5 Å². The van der Waals surface area contributed by atoms with E-state index < -0.39 is 0 Å². The molecule has 0 aliphatic carbocycles. The second-order valence-electron chi connectivity index (χ2n) is 5.65. The second kappa shape index (κ2) is 7.23. The fourth-order valence-electron chi connectivity index (χ4n) is 2.87. The van der Waals surface area contributed by atoms with Crippen LogP contribution >= 0.6 is 0 Å². The molecule has 2 aromatic carbocycles. The summed E-state index contributed by atoms with van der Waals surface area (Å²) in [6, 6.07) is 16.7. The Morgan fingerprint density at radius 3 is 2.00 bits per heavy atom. The Hall–Kier alpha value is -2.13. The Labute approximate surface area is 131 Å². The van der Waals surface area contributed by atoms with Crippen LogP contribution < -0.4 is 11.1 Å². The number of pyridine rings is 1. The van der Waals surface area contributed by atoms with Crippen molar-refractivity contribution in [3.63, 3.8) is 0 Å². The van der Waals surface area contributed by atoms with Gasteiger partial charge in [0.15, 0.2) is 0 Å². The lowest BCUT2D eigenvalue weighted by Gasteiger charge is -2.13. The first kappa shape index (κ1) is 14.8. The Bertz CT molecular complexity index is 698. The molecule has 0 unspecified atom stereocenters. The number of nitrogens with two attached hydrogens (primary N) is 1. The average molecular weight is 293 g/mol. The topological polar surface area (TPSA) is 50.9 Å². The summed E-state index contributed by atoms with van der Waals surface area (Å²) in [7, 11) is 0. The van der Waals surface area contributed by atoms with Crippen molar-refractivity contribution in [1.82, 2.24) is 4.98 Å². The van der Waals surface area contributed by atoms with E-state index in [-0.39, 0.29) is 0 Å².